The zero-order valence-electron chi connectivity index (χ0n) is 20.3. The standard InChI is InChI=1S/C26H34N2O6/c1-6-12-27(18-13-15(3)8-9-16(18)4)24(31)22-26-11-10-19(34-26)20(25(32)33-7-2)21(26)23(30)28(22)17(5)14-29/h6,8-9,13,17,19-22,29H,1,7,10-12,14H2,2-5H3/t17-,19-,20+,21+,22?,26?/m1/s1. The summed E-state index contributed by atoms with van der Waals surface area (Å²) >= 11 is 0. The number of nitrogens with zero attached hydrogens (tertiary/aromatic N) is 2. The lowest BCUT2D eigenvalue weighted by molar-refractivity contribution is -0.155. The highest BCUT2D eigenvalue weighted by molar-refractivity contribution is 6.05. The molecule has 0 saturated carbocycles. The zero-order chi connectivity index (χ0) is 24.8. The van der Waals surface area contributed by atoms with Crippen LogP contribution in [0.2, 0.25) is 0 Å². The molecule has 1 spiro atoms. The number of anilines is 1. The van der Waals surface area contributed by atoms with Crippen LogP contribution >= 0.6 is 0 Å². The number of aryl methyl sites for hydroxylation is 2. The second kappa shape index (κ2) is 9.15. The topological polar surface area (TPSA) is 96.4 Å². The second-order valence-electron chi connectivity index (χ2n) is 9.61. The Morgan fingerprint density at radius 3 is 2.79 bits per heavy atom. The Balaban J connectivity index is 1.82. The molecule has 3 saturated heterocycles. The van der Waals surface area contributed by atoms with Gasteiger partial charge in [0.05, 0.1) is 37.2 Å². The molecule has 2 bridgehead atoms. The fourth-order valence-electron chi connectivity index (χ4n) is 6.03. The average Bonchev–Trinajstić information content (AvgIpc) is 3.46. The van der Waals surface area contributed by atoms with E-state index < -0.39 is 41.6 Å². The molecular formula is C26H34N2O6. The first-order valence-corrected chi connectivity index (χ1v) is 12.0. The number of ether oxygens (including phenoxy) is 2. The molecule has 6 atom stereocenters. The van der Waals surface area contributed by atoms with E-state index in [-0.39, 0.29) is 31.6 Å². The highest BCUT2D eigenvalue weighted by atomic mass is 16.6. The number of fused-ring (bicyclic) bond motifs is 1. The van der Waals surface area contributed by atoms with E-state index in [1.807, 2.05) is 32.0 Å². The first kappa shape index (κ1) is 24.4. The predicted molar refractivity (Wildman–Crippen MR) is 126 cm³/mol. The zero-order valence-corrected chi connectivity index (χ0v) is 20.3. The summed E-state index contributed by atoms with van der Waals surface area (Å²) in [5.74, 6) is -2.65. The minimum atomic E-state index is -1.13. The SMILES string of the molecule is C=CCN(C(=O)C1N([C@H](C)CO)C(=O)[C@@H]2[C@@H](C(=O)OCC)[C@H]3CCC12O3)c1cc(C)ccc1C. The average molecular weight is 471 g/mol. The van der Waals surface area contributed by atoms with Crippen LogP contribution < -0.4 is 4.90 Å². The van der Waals surface area contributed by atoms with E-state index in [2.05, 4.69) is 6.58 Å². The molecule has 0 aromatic heterocycles. The van der Waals surface area contributed by atoms with Crippen LogP contribution in [0.1, 0.15) is 37.8 Å². The highest BCUT2D eigenvalue weighted by Gasteiger charge is 2.75. The minimum absolute atomic E-state index is 0.203. The van der Waals surface area contributed by atoms with Crippen LogP contribution in [0.5, 0.6) is 0 Å². The largest absolute Gasteiger partial charge is 0.466 e. The quantitative estimate of drug-likeness (QED) is 0.462. The van der Waals surface area contributed by atoms with Gasteiger partial charge in [0.25, 0.3) is 5.91 Å². The van der Waals surface area contributed by atoms with Crippen molar-refractivity contribution in [2.24, 2.45) is 11.8 Å². The van der Waals surface area contributed by atoms with Gasteiger partial charge in [0.15, 0.2) is 0 Å². The third-order valence-corrected chi connectivity index (χ3v) is 7.50. The fourth-order valence-corrected chi connectivity index (χ4v) is 6.03. The molecule has 1 aromatic carbocycles. The molecule has 4 rings (SSSR count). The maximum atomic E-state index is 14.3. The maximum absolute atomic E-state index is 14.3. The van der Waals surface area contributed by atoms with Crippen molar-refractivity contribution in [3.8, 4) is 0 Å². The van der Waals surface area contributed by atoms with Crippen LogP contribution in [0, 0.1) is 25.7 Å². The van der Waals surface area contributed by atoms with E-state index in [1.165, 1.54) is 4.90 Å². The van der Waals surface area contributed by atoms with Crippen LogP contribution in [0.3, 0.4) is 0 Å². The lowest BCUT2D eigenvalue weighted by Gasteiger charge is -2.38. The smallest absolute Gasteiger partial charge is 0.312 e. The first-order valence-electron chi connectivity index (χ1n) is 12.0. The minimum Gasteiger partial charge on any atom is -0.466 e. The predicted octanol–water partition coefficient (Wildman–Crippen LogP) is 2.14. The van der Waals surface area contributed by atoms with Gasteiger partial charge in [-0.2, -0.15) is 0 Å². The van der Waals surface area contributed by atoms with Crippen molar-refractivity contribution >= 4 is 23.5 Å². The molecule has 2 amide bonds. The van der Waals surface area contributed by atoms with Crippen molar-refractivity contribution in [2.45, 2.75) is 64.3 Å². The lowest BCUT2D eigenvalue weighted by atomic mass is 9.70. The molecule has 8 nitrogen and oxygen atoms in total. The van der Waals surface area contributed by atoms with Gasteiger partial charge in [-0.3, -0.25) is 14.4 Å². The van der Waals surface area contributed by atoms with E-state index >= 15 is 0 Å². The monoisotopic (exact) mass is 470 g/mol. The van der Waals surface area contributed by atoms with Gasteiger partial charge in [0.1, 0.15) is 11.6 Å². The van der Waals surface area contributed by atoms with Crippen molar-refractivity contribution < 1.29 is 29.0 Å². The molecule has 3 aliphatic heterocycles. The van der Waals surface area contributed by atoms with Crippen LogP contribution in [0.4, 0.5) is 5.69 Å². The Kier molecular flexibility index (Phi) is 6.57. The van der Waals surface area contributed by atoms with Crippen molar-refractivity contribution in [1.29, 1.82) is 0 Å². The van der Waals surface area contributed by atoms with E-state index in [9.17, 15) is 19.5 Å². The summed E-state index contributed by atoms with van der Waals surface area (Å²) < 4.78 is 11.7. The van der Waals surface area contributed by atoms with Gasteiger partial charge < -0.3 is 24.4 Å². The summed E-state index contributed by atoms with van der Waals surface area (Å²) in [7, 11) is 0. The number of hydrogen-bond acceptors (Lipinski definition) is 6. The Labute approximate surface area is 200 Å². The fraction of sp³-hybridized carbons (Fsp3) is 0.577. The molecule has 184 valence electrons. The van der Waals surface area contributed by atoms with Crippen molar-refractivity contribution in [3.05, 3.63) is 42.0 Å². The van der Waals surface area contributed by atoms with Crippen molar-refractivity contribution in [2.75, 3.05) is 24.7 Å². The number of carbonyl (C=O) groups is 3. The number of carbonyl (C=O) groups excluding carboxylic acids is 3. The number of aliphatic hydroxyl groups is 1. The summed E-state index contributed by atoms with van der Waals surface area (Å²) in [5, 5.41) is 9.97. The maximum Gasteiger partial charge on any atom is 0.312 e. The highest BCUT2D eigenvalue weighted by Crippen LogP contribution is 2.59. The number of rotatable bonds is 8. The first-order chi connectivity index (χ1) is 16.2. The molecule has 3 heterocycles. The van der Waals surface area contributed by atoms with Gasteiger partial charge in [0, 0.05) is 12.2 Å². The lowest BCUT2D eigenvalue weighted by Crippen LogP contribution is -2.58. The summed E-state index contributed by atoms with van der Waals surface area (Å²) in [6, 6.07) is 4.30. The number of aliphatic hydroxyl groups excluding tert-OH is 1. The van der Waals surface area contributed by atoms with Crippen LogP contribution in [-0.4, -0.2) is 71.3 Å². The summed E-state index contributed by atoms with van der Waals surface area (Å²) in [4.78, 5) is 44.0. The third-order valence-electron chi connectivity index (χ3n) is 7.50. The summed E-state index contributed by atoms with van der Waals surface area (Å²) in [5.41, 5.74) is 1.53. The van der Waals surface area contributed by atoms with Crippen LogP contribution in [-0.2, 0) is 23.9 Å². The van der Waals surface area contributed by atoms with Crippen molar-refractivity contribution in [3.63, 3.8) is 0 Å². The van der Waals surface area contributed by atoms with E-state index in [1.54, 1.807) is 24.8 Å². The van der Waals surface area contributed by atoms with Gasteiger partial charge in [-0.05, 0) is 57.7 Å². The van der Waals surface area contributed by atoms with Gasteiger partial charge in [0.2, 0.25) is 5.91 Å². The van der Waals surface area contributed by atoms with Crippen LogP contribution in [0.15, 0.2) is 30.9 Å². The van der Waals surface area contributed by atoms with Gasteiger partial charge in [-0.1, -0.05) is 18.2 Å². The molecule has 2 unspecified atom stereocenters. The number of amides is 2. The molecular weight excluding hydrogens is 436 g/mol. The van der Waals surface area contributed by atoms with Gasteiger partial charge >= 0.3 is 5.97 Å². The van der Waals surface area contributed by atoms with Gasteiger partial charge in [-0.15, -0.1) is 6.58 Å². The van der Waals surface area contributed by atoms with Gasteiger partial charge in [-0.25, -0.2) is 0 Å². The Morgan fingerprint density at radius 2 is 2.15 bits per heavy atom. The van der Waals surface area contributed by atoms with Crippen LogP contribution in [0.25, 0.3) is 0 Å². The van der Waals surface area contributed by atoms with Crippen molar-refractivity contribution in [1.82, 2.24) is 4.90 Å². The molecule has 0 radical (unpaired) electrons. The summed E-state index contributed by atoms with van der Waals surface area (Å²) in [6.07, 6.45) is 2.26. The molecule has 1 N–H and O–H groups in total. The number of likely N-dealkylation sites (tertiary alicyclic amines) is 1. The molecule has 3 fully saturated rings. The second-order valence-corrected chi connectivity index (χ2v) is 9.61. The Bertz CT molecular complexity index is 1010. The Morgan fingerprint density at radius 1 is 1.41 bits per heavy atom. The Hall–Kier alpha value is -2.71. The number of esters is 1. The van der Waals surface area contributed by atoms with E-state index in [4.69, 9.17) is 9.47 Å². The van der Waals surface area contributed by atoms with E-state index in [0.29, 0.717) is 12.8 Å². The molecule has 3 aliphatic rings. The number of hydrogen-bond donors (Lipinski definition) is 1. The third kappa shape index (κ3) is 3.55. The molecule has 1 aromatic rings. The molecule has 0 aliphatic carbocycles. The molecule has 34 heavy (non-hydrogen) atoms. The normalized spacial score (nSPS) is 30.3. The molecule has 8 heteroatoms. The summed E-state index contributed by atoms with van der Waals surface area (Å²) in [6.45, 7) is 11.3. The van der Waals surface area contributed by atoms with E-state index in [0.717, 1.165) is 16.8 Å². The number of benzene rings is 1.